The molecular weight excluding hydrogens is 272 g/mol. The first-order valence-corrected chi connectivity index (χ1v) is 7.10. The van der Waals surface area contributed by atoms with Crippen LogP contribution in [0.25, 0.3) is 0 Å². The molecule has 3 atom stereocenters. The average molecular weight is 292 g/mol. The number of carbonyl (C=O) groups is 1. The minimum absolute atomic E-state index is 0.129. The van der Waals surface area contributed by atoms with Gasteiger partial charge < -0.3 is 5.11 Å². The number of para-hydroxylation sites is 1. The molecule has 0 radical (unpaired) electrons. The Bertz CT molecular complexity index is 536. The van der Waals surface area contributed by atoms with Gasteiger partial charge in [0.1, 0.15) is 6.04 Å². The normalized spacial score (nSPS) is 24.5. The van der Waals surface area contributed by atoms with Crippen molar-refractivity contribution in [2.45, 2.75) is 26.3 Å². The van der Waals surface area contributed by atoms with E-state index in [1.165, 1.54) is 6.07 Å². The SMILES string of the molecule is CC1CC(C)CN(C(C(=O)O)c2ccccc2[N+](=O)[O-])C1. The minimum atomic E-state index is -1.04. The zero-order valence-electron chi connectivity index (χ0n) is 12.2. The Labute approximate surface area is 123 Å². The van der Waals surface area contributed by atoms with Gasteiger partial charge in [0.25, 0.3) is 5.69 Å². The summed E-state index contributed by atoms with van der Waals surface area (Å²) < 4.78 is 0. The molecule has 114 valence electrons. The van der Waals surface area contributed by atoms with Crippen molar-refractivity contribution in [3.63, 3.8) is 0 Å². The first kappa shape index (κ1) is 15.4. The molecule has 1 aromatic carbocycles. The van der Waals surface area contributed by atoms with E-state index in [4.69, 9.17) is 0 Å². The molecule has 1 saturated heterocycles. The van der Waals surface area contributed by atoms with E-state index in [9.17, 15) is 20.0 Å². The Morgan fingerprint density at radius 1 is 1.33 bits per heavy atom. The predicted octanol–water partition coefficient (Wildman–Crippen LogP) is 2.70. The molecule has 6 nitrogen and oxygen atoms in total. The second-order valence-corrected chi connectivity index (χ2v) is 5.96. The van der Waals surface area contributed by atoms with Crippen LogP contribution in [0, 0.1) is 22.0 Å². The summed E-state index contributed by atoms with van der Waals surface area (Å²) in [6.07, 6.45) is 1.06. The highest BCUT2D eigenvalue weighted by atomic mass is 16.6. The van der Waals surface area contributed by atoms with Crippen molar-refractivity contribution in [2.75, 3.05) is 13.1 Å². The number of nitro groups is 1. The van der Waals surface area contributed by atoms with Gasteiger partial charge in [0, 0.05) is 19.2 Å². The number of carboxylic acid groups (broad SMARTS) is 1. The molecule has 0 bridgehead atoms. The fourth-order valence-corrected chi connectivity index (χ4v) is 3.29. The highest BCUT2D eigenvalue weighted by Gasteiger charge is 2.36. The molecule has 3 unspecified atom stereocenters. The van der Waals surface area contributed by atoms with Crippen molar-refractivity contribution in [3.8, 4) is 0 Å². The molecule has 21 heavy (non-hydrogen) atoms. The lowest BCUT2D eigenvalue weighted by molar-refractivity contribution is -0.386. The van der Waals surface area contributed by atoms with Crippen LogP contribution in [-0.4, -0.2) is 34.0 Å². The summed E-state index contributed by atoms with van der Waals surface area (Å²) in [6.45, 7) is 5.46. The van der Waals surface area contributed by atoms with Gasteiger partial charge in [-0.15, -0.1) is 0 Å². The second-order valence-electron chi connectivity index (χ2n) is 5.96. The molecule has 1 aromatic rings. The summed E-state index contributed by atoms with van der Waals surface area (Å²) in [6, 6.07) is 5.15. The Hall–Kier alpha value is -1.95. The lowest BCUT2D eigenvalue weighted by atomic mass is 9.89. The van der Waals surface area contributed by atoms with Gasteiger partial charge in [-0.3, -0.25) is 19.8 Å². The fourth-order valence-electron chi connectivity index (χ4n) is 3.29. The zero-order chi connectivity index (χ0) is 15.6. The summed E-state index contributed by atoms with van der Waals surface area (Å²) >= 11 is 0. The Kier molecular flexibility index (Phi) is 4.57. The molecule has 2 rings (SSSR count). The first-order chi connectivity index (χ1) is 9.90. The zero-order valence-corrected chi connectivity index (χ0v) is 12.2. The number of aliphatic carboxylic acids is 1. The molecule has 0 aromatic heterocycles. The Morgan fingerprint density at radius 2 is 1.90 bits per heavy atom. The molecule has 0 spiro atoms. The van der Waals surface area contributed by atoms with Crippen LogP contribution in [0.1, 0.15) is 31.9 Å². The molecule has 0 amide bonds. The number of likely N-dealkylation sites (tertiary alicyclic amines) is 1. The first-order valence-electron chi connectivity index (χ1n) is 7.10. The number of benzene rings is 1. The maximum Gasteiger partial charge on any atom is 0.325 e. The summed E-state index contributed by atoms with van der Waals surface area (Å²) in [5.74, 6) is -0.262. The van der Waals surface area contributed by atoms with Gasteiger partial charge in [0.15, 0.2) is 0 Å². The lowest BCUT2D eigenvalue weighted by Gasteiger charge is -2.38. The maximum absolute atomic E-state index is 11.7. The Balaban J connectivity index is 2.40. The molecule has 0 aliphatic carbocycles. The molecule has 1 fully saturated rings. The number of piperidine rings is 1. The largest absolute Gasteiger partial charge is 0.480 e. The second kappa shape index (κ2) is 6.22. The van der Waals surface area contributed by atoms with E-state index < -0.39 is 16.9 Å². The smallest absolute Gasteiger partial charge is 0.325 e. The molecule has 1 aliphatic heterocycles. The van der Waals surface area contributed by atoms with Crippen LogP contribution in [0.15, 0.2) is 24.3 Å². The molecule has 1 N–H and O–H groups in total. The summed E-state index contributed by atoms with van der Waals surface area (Å²) in [5.41, 5.74) is 0.132. The topological polar surface area (TPSA) is 83.7 Å². The standard InChI is InChI=1S/C15H20N2O4/c1-10-7-11(2)9-16(8-10)14(15(18)19)12-5-3-4-6-13(12)17(20)21/h3-6,10-11,14H,7-9H2,1-2H3,(H,18,19). The van der Waals surface area contributed by atoms with Gasteiger partial charge in [-0.2, -0.15) is 0 Å². The summed E-state index contributed by atoms with van der Waals surface area (Å²) in [5, 5.41) is 20.7. The van der Waals surface area contributed by atoms with Crippen molar-refractivity contribution < 1.29 is 14.8 Å². The van der Waals surface area contributed by atoms with Crippen LogP contribution < -0.4 is 0 Å². The van der Waals surface area contributed by atoms with Crippen molar-refractivity contribution in [1.29, 1.82) is 0 Å². The van der Waals surface area contributed by atoms with E-state index >= 15 is 0 Å². The van der Waals surface area contributed by atoms with Gasteiger partial charge in [-0.05, 0) is 24.3 Å². The van der Waals surface area contributed by atoms with Gasteiger partial charge >= 0.3 is 5.97 Å². The van der Waals surface area contributed by atoms with Crippen molar-refractivity contribution in [3.05, 3.63) is 39.9 Å². The summed E-state index contributed by atoms with van der Waals surface area (Å²) in [4.78, 5) is 24.2. The van der Waals surface area contributed by atoms with Crippen molar-refractivity contribution in [2.24, 2.45) is 11.8 Å². The quantitative estimate of drug-likeness (QED) is 0.681. The maximum atomic E-state index is 11.7. The van der Waals surface area contributed by atoms with E-state index in [0.717, 1.165) is 6.42 Å². The lowest BCUT2D eigenvalue weighted by Crippen LogP contribution is -2.43. The third-order valence-electron chi connectivity index (χ3n) is 3.92. The number of nitro benzene ring substituents is 1. The van der Waals surface area contributed by atoms with E-state index in [1.807, 2.05) is 4.90 Å². The van der Waals surface area contributed by atoms with E-state index in [-0.39, 0.29) is 11.3 Å². The van der Waals surface area contributed by atoms with E-state index in [1.54, 1.807) is 18.2 Å². The third-order valence-corrected chi connectivity index (χ3v) is 3.92. The number of carboxylic acids is 1. The van der Waals surface area contributed by atoms with E-state index in [0.29, 0.717) is 24.9 Å². The monoisotopic (exact) mass is 292 g/mol. The highest BCUT2D eigenvalue weighted by molar-refractivity contribution is 5.77. The highest BCUT2D eigenvalue weighted by Crippen LogP contribution is 2.33. The molecule has 6 heteroatoms. The van der Waals surface area contributed by atoms with Crippen LogP contribution in [-0.2, 0) is 4.79 Å². The van der Waals surface area contributed by atoms with E-state index in [2.05, 4.69) is 13.8 Å². The van der Waals surface area contributed by atoms with Gasteiger partial charge in [-0.25, -0.2) is 0 Å². The summed E-state index contributed by atoms with van der Waals surface area (Å²) in [7, 11) is 0. The Morgan fingerprint density at radius 3 is 2.43 bits per heavy atom. The van der Waals surface area contributed by atoms with Gasteiger partial charge in [-0.1, -0.05) is 26.0 Å². The van der Waals surface area contributed by atoms with Crippen LogP contribution >= 0.6 is 0 Å². The third kappa shape index (κ3) is 3.39. The number of nitrogens with zero attached hydrogens (tertiary/aromatic N) is 2. The van der Waals surface area contributed by atoms with Gasteiger partial charge in [0.2, 0.25) is 0 Å². The molecule has 1 aliphatic rings. The molecule has 1 heterocycles. The number of rotatable bonds is 4. The molecule has 0 saturated carbocycles. The average Bonchev–Trinajstić information content (AvgIpc) is 2.37. The van der Waals surface area contributed by atoms with Crippen LogP contribution in [0.2, 0.25) is 0 Å². The van der Waals surface area contributed by atoms with Crippen molar-refractivity contribution in [1.82, 2.24) is 4.90 Å². The fraction of sp³-hybridized carbons (Fsp3) is 0.533. The van der Waals surface area contributed by atoms with Crippen LogP contribution in [0.3, 0.4) is 0 Å². The van der Waals surface area contributed by atoms with Gasteiger partial charge in [0.05, 0.1) is 10.5 Å². The van der Waals surface area contributed by atoms with Crippen LogP contribution in [0.4, 0.5) is 5.69 Å². The van der Waals surface area contributed by atoms with Crippen molar-refractivity contribution >= 4 is 11.7 Å². The minimum Gasteiger partial charge on any atom is -0.480 e. The number of hydrogen-bond acceptors (Lipinski definition) is 4. The predicted molar refractivity (Wildman–Crippen MR) is 78.0 cm³/mol. The number of hydrogen-bond donors (Lipinski definition) is 1. The molecular formula is C15H20N2O4. The van der Waals surface area contributed by atoms with Crippen LogP contribution in [0.5, 0.6) is 0 Å².